The number of nitrogens with zero attached hydrogens (tertiary/aromatic N) is 3. The van der Waals surface area contributed by atoms with Crippen molar-refractivity contribution in [1.29, 1.82) is 0 Å². The smallest absolute Gasteiger partial charge is 0.238 e. The standard InChI is InChI=1S/C22H19Br2N5O4S2/c1-12-3-8-19(16-9-13(33-2)4-6-15(12)16)29-21(24)27-28-22(29)34-11-20(30)26-18-7-5-14(10-17(18)23)35(25,31)32/h3-10H,11H2,1-2H3,(H,26,30)(H2,25,31,32). The molecule has 1 aromatic heterocycles. The maximum atomic E-state index is 12.6. The molecule has 4 rings (SSSR count). The number of aromatic nitrogens is 3. The minimum absolute atomic E-state index is 0.0433. The topological polar surface area (TPSA) is 129 Å². The molecule has 0 spiro atoms. The van der Waals surface area contributed by atoms with Crippen molar-refractivity contribution in [3.63, 3.8) is 0 Å². The molecule has 1 heterocycles. The lowest BCUT2D eigenvalue weighted by Crippen LogP contribution is -2.16. The molecule has 0 unspecified atom stereocenters. The molecule has 3 N–H and O–H groups in total. The highest BCUT2D eigenvalue weighted by atomic mass is 79.9. The van der Waals surface area contributed by atoms with E-state index in [1.807, 2.05) is 41.8 Å². The van der Waals surface area contributed by atoms with Crippen LogP contribution >= 0.6 is 43.6 Å². The summed E-state index contributed by atoms with van der Waals surface area (Å²) in [5.41, 5.74) is 2.37. The van der Waals surface area contributed by atoms with Crippen molar-refractivity contribution in [2.75, 3.05) is 18.2 Å². The first-order chi connectivity index (χ1) is 16.6. The first-order valence-electron chi connectivity index (χ1n) is 10.0. The fourth-order valence-corrected chi connectivity index (χ4v) is 5.89. The van der Waals surface area contributed by atoms with E-state index in [9.17, 15) is 13.2 Å². The quantitative estimate of drug-likeness (QED) is 0.282. The summed E-state index contributed by atoms with van der Waals surface area (Å²) in [5, 5.41) is 18.8. The monoisotopic (exact) mass is 639 g/mol. The summed E-state index contributed by atoms with van der Waals surface area (Å²) in [4.78, 5) is 12.6. The Labute approximate surface area is 222 Å². The number of sulfonamides is 1. The van der Waals surface area contributed by atoms with Gasteiger partial charge in [0.05, 0.1) is 29.1 Å². The summed E-state index contributed by atoms with van der Waals surface area (Å²) in [6, 6.07) is 14.0. The van der Waals surface area contributed by atoms with E-state index in [-0.39, 0.29) is 16.6 Å². The number of anilines is 1. The van der Waals surface area contributed by atoms with E-state index in [0.29, 0.717) is 20.1 Å². The molecule has 0 saturated heterocycles. The van der Waals surface area contributed by atoms with Crippen molar-refractivity contribution in [2.24, 2.45) is 5.14 Å². The lowest BCUT2D eigenvalue weighted by molar-refractivity contribution is -0.113. The predicted octanol–water partition coefficient (Wildman–Crippen LogP) is 4.64. The number of benzene rings is 3. The van der Waals surface area contributed by atoms with Crippen molar-refractivity contribution in [3.8, 4) is 11.4 Å². The van der Waals surface area contributed by atoms with E-state index in [2.05, 4.69) is 47.4 Å². The van der Waals surface area contributed by atoms with E-state index in [4.69, 9.17) is 9.88 Å². The molecule has 13 heteroatoms. The summed E-state index contributed by atoms with van der Waals surface area (Å²) >= 11 is 7.94. The molecule has 3 aromatic carbocycles. The van der Waals surface area contributed by atoms with E-state index in [0.717, 1.165) is 27.8 Å². The largest absolute Gasteiger partial charge is 0.497 e. The average molecular weight is 641 g/mol. The van der Waals surface area contributed by atoms with E-state index < -0.39 is 10.0 Å². The molecular formula is C22H19Br2N5O4S2. The minimum atomic E-state index is -3.85. The molecule has 9 nitrogen and oxygen atoms in total. The van der Waals surface area contributed by atoms with Gasteiger partial charge < -0.3 is 10.1 Å². The predicted molar refractivity (Wildman–Crippen MR) is 143 cm³/mol. The lowest BCUT2D eigenvalue weighted by Gasteiger charge is -2.14. The number of carbonyl (C=O) groups excluding carboxylic acids is 1. The number of thioether (sulfide) groups is 1. The Morgan fingerprint density at radius 1 is 1.11 bits per heavy atom. The normalized spacial score (nSPS) is 11.6. The van der Waals surface area contributed by atoms with Gasteiger partial charge in [-0.05, 0) is 86.1 Å². The van der Waals surface area contributed by atoms with Gasteiger partial charge >= 0.3 is 0 Å². The van der Waals surface area contributed by atoms with Crippen molar-refractivity contribution >= 4 is 76.0 Å². The van der Waals surface area contributed by atoms with Crippen molar-refractivity contribution < 1.29 is 17.9 Å². The highest BCUT2D eigenvalue weighted by Gasteiger charge is 2.18. The van der Waals surface area contributed by atoms with Crippen molar-refractivity contribution in [3.05, 3.63) is 63.3 Å². The Morgan fingerprint density at radius 2 is 1.89 bits per heavy atom. The van der Waals surface area contributed by atoms with Crippen LogP contribution in [0, 0.1) is 6.92 Å². The Bertz CT molecular complexity index is 1560. The number of fused-ring (bicyclic) bond motifs is 1. The Hall–Kier alpha value is -2.45. The molecule has 0 aliphatic carbocycles. The first kappa shape index (κ1) is 25.6. The van der Waals surface area contributed by atoms with Gasteiger partial charge in [-0.25, -0.2) is 13.6 Å². The molecule has 1 amide bonds. The summed E-state index contributed by atoms with van der Waals surface area (Å²) in [5.74, 6) is 0.461. The van der Waals surface area contributed by atoms with Crippen molar-refractivity contribution in [1.82, 2.24) is 14.8 Å². The number of nitrogens with one attached hydrogen (secondary N) is 1. The number of aryl methyl sites for hydroxylation is 1. The van der Waals surface area contributed by atoms with Gasteiger partial charge in [-0.15, -0.1) is 10.2 Å². The van der Waals surface area contributed by atoms with E-state index in [1.165, 1.54) is 30.0 Å². The van der Waals surface area contributed by atoms with Gasteiger partial charge in [-0.1, -0.05) is 23.9 Å². The van der Waals surface area contributed by atoms with Crippen LogP contribution in [0.3, 0.4) is 0 Å². The average Bonchev–Trinajstić information content (AvgIpc) is 3.18. The number of methoxy groups -OCH3 is 1. The van der Waals surface area contributed by atoms with Gasteiger partial charge in [0.25, 0.3) is 0 Å². The molecule has 0 radical (unpaired) electrons. The molecule has 4 aromatic rings. The van der Waals surface area contributed by atoms with Gasteiger partial charge in [0, 0.05) is 9.86 Å². The van der Waals surface area contributed by atoms with Gasteiger partial charge in [0.1, 0.15) is 5.75 Å². The summed E-state index contributed by atoms with van der Waals surface area (Å²) < 4.78 is 31.1. The Morgan fingerprint density at radius 3 is 2.57 bits per heavy atom. The van der Waals surface area contributed by atoms with Crippen LogP contribution < -0.4 is 15.2 Å². The number of amides is 1. The number of hydrogen-bond acceptors (Lipinski definition) is 7. The summed E-state index contributed by atoms with van der Waals surface area (Å²) in [7, 11) is -2.23. The molecule has 0 saturated carbocycles. The third-order valence-corrected chi connectivity index (χ3v) is 8.14. The molecule has 0 aliphatic heterocycles. The van der Waals surface area contributed by atoms with Crippen LogP contribution in [-0.4, -0.2) is 42.0 Å². The third-order valence-electron chi connectivity index (χ3n) is 5.13. The van der Waals surface area contributed by atoms with E-state index >= 15 is 0 Å². The molecule has 0 atom stereocenters. The zero-order valence-corrected chi connectivity index (χ0v) is 23.3. The molecular weight excluding hydrogens is 622 g/mol. The Kier molecular flexibility index (Phi) is 7.52. The summed E-state index contributed by atoms with van der Waals surface area (Å²) in [6.07, 6.45) is 0. The van der Waals surface area contributed by atoms with Crippen LogP contribution in [0.4, 0.5) is 5.69 Å². The lowest BCUT2D eigenvalue weighted by atomic mass is 10.0. The second-order valence-corrected chi connectivity index (χ2v) is 11.5. The van der Waals surface area contributed by atoms with E-state index in [1.54, 1.807) is 7.11 Å². The van der Waals surface area contributed by atoms with Crippen LogP contribution in [-0.2, 0) is 14.8 Å². The number of carbonyl (C=O) groups is 1. The highest BCUT2D eigenvalue weighted by molar-refractivity contribution is 9.10. The number of halogens is 2. The van der Waals surface area contributed by atoms with Crippen LogP contribution in [0.15, 0.2) is 67.8 Å². The van der Waals surface area contributed by atoms with Crippen LogP contribution in [0.1, 0.15) is 5.56 Å². The molecule has 35 heavy (non-hydrogen) atoms. The fourth-order valence-electron chi connectivity index (χ4n) is 3.42. The molecule has 182 valence electrons. The highest BCUT2D eigenvalue weighted by Crippen LogP contribution is 2.33. The molecule has 0 fully saturated rings. The number of hydrogen-bond donors (Lipinski definition) is 2. The zero-order valence-electron chi connectivity index (χ0n) is 18.5. The van der Waals surface area contributed by atoms with Gasteiger partial charge in [0.2, 0.25) is 20.7 Å². The van der Waals surface area contributed by atoms with Gasteiger partial charge in [-0.3, -0.25) is 9.36 Å². The third kappa shape index (κ3) is 5.54. The maximum absolute atomic E-state index is 12.6. The number of ether oxygens (including phenoxy) is 1. The molecule has 0 aliphatic rings. The van der Waals surface area contributed by atoms with Gasteiger partial charge in [0.15, 0.2) is 5.16 Å². The van der Waals surface area contributed by atoms with Crippen LogP contribution in [0.2, 0.25) is 0 Å². The second kappa shape index (κ2) is 10.3. The van der Waals surface area contributed by atoms with Crippen LogP contribution in [0.5, 0.6) is 5.75 Å². The first-order valence-corrected chi connectivity index (χ1v) is 14.1. The number of nitrogens with two attached hydrogens (primary N) is 1. The minimum Gasteiger partial charge on any atom is -0.497 e. The maximum Gasteiger partial charge on any atom is 0.238 e. The molecule has 0 bridgehead atoms. The summed E-state index contributed by atoms with van der Waals surface area (Å²) in [6.45, 7) is 2.04. The SMILES string of the molecule is COc1ccc2c(C)ccc(-n3c(Br)nnc3SCC(=O)Nc3ccc(S(N)(=O)=O)cc3Br)c2c1. The van der Waals surface area contributed by atoms with Crippen molar-refractivity contribution in [2.45, 2.75) is 17.0 Å². The van der Waals surface area contributed by atoms with Gasteiger partial charge in [-0.2, -0.15) is 0 Å². The second-order valence-electron chi connectivity index (χ2n) is 7.42. The number of primary sulfonamides is 1. The number of rotatable bonds is 7. The van der Waals surface area contributed by atoms with Crippen LogP contribution in [0.25, 0.3) is 16.5 Å². The zero-order chi connectivity index (χ0) is 25.3. The Balaban J connectivity index is 1.58. The fraction of sp³-hybridized carbons (Fsp3) is 0.136.